The van der Waals surface area contributed by atoms with Crippen molar-refractivity contribution in [3.05, 3.63) is 48.0 Å². The second-order valence-corrected chi connectivity index (χ2v) is 4.39. The van der Waals surface area contributed by atoms with E-state index in [-0.39, 0.29) is 0 Å². The first-order chi connectivity index (χ1) is 6.61. The van der Waals surface area contributed by atoms with E-state index in [2.05, 4.69) is 57.7 Å². The Hall–Kier alpha value is -1.04. The summed E-state index contributed by atoms with van der Waals surface area (Å²) in [6, 6.07) is 10.6. The molecule has 0 saturated carbocycles. The van der Waals surface area contributed by atoms with Gasteiger partial charge in [0.25, 0.3) is 0 Å². The van der Waals surface area contributed by atoms with Crippen LogP contribution in [0.25, 0.3) is 0 Å². The minimum Gasteiger partial charge on any atom is -0.0992 e. The normalized spacial score (nSPS) is 12.9. The summed E-state index contributed by atoms with van der Waals surface area (Å²) >= 11 is 0. The summed E-state index contributed by atoms with van der Waals surface area (Å²) in [6.07, 6.45) is 1.12. The lowest BCUT2D eigenvalue weighted by molar-refractivity contribution is 0.615. The van der Waals surface area contributed by atoms with Gasteiger partial charge in [-0.1, -0.05) is 63.3 Å². The van der Waals surface area contributed by atoms with Crippen molar-refractivity contribution >= 4 is 0 Å². The summed E-state index contributed by atoms with van der Waals surface area (Å²) < 4.78 is 0. The van der Waals surface area contributed by atoms with E-state index in [4.69, 9.17) is 0 Å². The Morgan fingerprint density at radius 2 is 1.71 bits per heavy atom. The Balaban J connectivity index is 2.66. The van der Waals surface area contributed by atoms with Gasteiger partial charge in [0, 0.05) is 5.92 Å². The maximum atomic E-state index is 4.17. The third-order valence-electron chi connectivity index (χ3n) is 2.58. The fourth-order valence-electron chi connectivity index (χ4n) is 1.68. The molecule has 0 bridgehead atoms. The van der Waals surface area contributed by atoms with Crippen LogP contribution in [0.2, 0.25) is 0 Å². The molecule has 76 valence electrons. The number of rotatable bonds is 4. The molecule has 0 aliphatic heterocycles. The maximum absolute atomic E-state index is 4.17. The minimum absolute atomic E-state index is 0.485. The van der Waals surface area contributed by atoms with Crippen LogP contribution in [-0.4, -0.2) is 0 Å². The van der Waals surface area contributed by atoms with Crippen LogP contribution in [-0.2, 0) is 0 Å². The van der Waals surface area contributed by atoms with Gasteiger partial charge < -0.3 is 0 Å². The van der Waals surface area contributed by atoms with Gasteiger partial charge in [-0.25, -0.2) is 0 Å². The van der Waals surface area contributed by atoms with Crippen LogP contribution >= 0.6 is 0 Å². The van der Waals surface area contributed by atoms with Gasteiger partial charge >= 0.3 is 0 Å². The molecular weight excluding hydrogens is 168 g/mol. The number of hydrogen-bond donors (Lipinski definition) is 0. The van der Waals surface area contributed by atoms with E-state index in [1.54, 1.807) is 0 Å². The van der Waals surface area contributed by atoms with Crippen LogP contribution in [0.4, 0.5) is 0 Å². The quantitative estimate of drug-likeness (QED) is 0.615. The predicted molar refractivity (Wildman–Crippen MR) is 63.5 cm³/mol. The van der Waals surface area contributed by atoms with Crippen molar-refractivity contribution in [3.63, 3.8) is 0 Å². The standard InChI is InChI=1S/C14H20/c1-11(2)10-12(3)13(4)14-8-6-5-7-9-14/h5-9,11,13H,3,10H2,1-2,4H3. The molecule has 14 heavy (non-hydrogen) atoms. The van der Waals surface area contributed by atoms with Crippen LogP contribution in [0.5, 0.6) is 0 Å². The van der Waals surface area contributed by atoms with Crippen molar-refractivity contribution in [3.8, 4) is 0 Å². The molecule has 0 saturated heterocycles. The largest absolute Gasteiger partial charge is 0.0992 e. The van der Waals surface area contributed by atoms with Gasteiger partial charge in [0.15, 0.2) is 0 Å². The topological polar surface area (TPSA) is 0 Å². The molecular formula is C14H20. The highest BCUT2D eigenvalue weighted by Gasteiger charge is 2.09. The third-order valence-corrected chi connectivity index (χ3v) is 2.58. The van der Waals surface area contributed by atoms with Crippen LogP contribution in [0, 0.1) is 5.92 Å². The molecule has 1 aromatic carbocycles. The van der Waals surface area contributed by atoms with E-state index in [0.717, 1.165) is 6.42 Å². The molecule has 1 unspecified atom stereocenters. The Labute approximate surface area is 87.7 Å². The van der Waals surface area contributed by atoms with Crippen LogP contribution in [0.15, 0.2) is 42.5 Å². The molecule has 0 nitrogen and oxygen atoms in total. The first-order valence-electron chi connectivity index (χ1n) is 5.34. The molecule has 0 spiro atoms. The zero-order chi connectivity index (χ0) is 10.6. The molecule has 0 heteroatoms. The highest BCUT2D eigenvalue weighted by molar-refractivity contribution is 5.26. The first-order valence-corrected chi connectivity index (χ1v) is 5.34. The van der Waals surface area contributed by atoms with E-state index in [0.29, 0.717) is 11.8 Å². The summed E-state index contributed by atoms with van der Waals surface area (Å²) in [4.78, 5) is 0. The molecule has 0 aliphatic carbocycles. The van der Waals surface area contributed by atoms with Gasteiger partial charge in [-0.3, -0.25) is 0 Å². The molecule has 1 rings (SSSR count). The van der Waals surface area contributed by atoms with Crippen LogP contribution < -0.4 is 0 Å². The molecule has 0 heterocycles. The minimum atomic E-state index is 0.485. The van der Waals surface area contributed by atoms with Crippen LogP contribution in [0.3, 0.4) is 0 Å². The van der Waals surface area contributed by atoms with Gasteiger partial charge in [-0.2, -0.15) is 0 Å². The fourth-order valence-corrected chi connectivity index (χ4v) is 1.68. The highest BCUT2D eigenvalue weighted by atomic mass is 14.1. The van der Waals surface area contributed by atoms with Gasteiger partial charge in [0.05, 0.1) is 0 Å². The molecule has 0 N–H and O–H groups in total. The predicted octanol–water partition coefficient (Wildman–Crippen LogP) is 4.39. The van der Waals surface area contributed by atoms with Crippen molar-refractivity contribution in [1.29, 1.82) is 0 Å². The fraction of sp³-hybridized carbons (Fsp3) is 0.429. The Bertz CT molecular complexity index is 282. The molecule has 0 fully saturated rings. The summed E-state index contributed by atoms with van der Waals surface area (Å²) in [5.74, 6) is 1.19. The molecule has 1 atom stereocenters. The molecule has 0 amide bonds. The molecule has 0 radical (unpaired) electrons. The first kappa shape index (κ1) is 11.0. The van der Waals surface area contributed by atoms with Crippen molar-refractivity contribution in [2.45, 2.75) is 33.1 Å². The Morgan fingerprint density at radius 3 is 2.21 bits per heavy atom. The molecule has 0 aromatic heterocycles. The highest BCUT2D eigenvalue weighted by Crippen LogP contribution is 2.26. The van der Waals surface area contributed by atoms with Crippen LogP contribution in [0.1, 0.15) is 38.7 Å². The third kappa shape index (κ3) is 3.02. The lowest BCUT2D eigenvalue weighted by Crippen LogP contribution is -2.00. The number of allylic oxidation sites excluding steroid dienone is 1. The van der Waals surface area contributed by atoms with E-state index < -0.39 is 0 Å². The van der Waals surface area contributed by atoms with Crippen molar-refractivity contribution in [1.82, 2.24) is 0 Å². The molecule has 1 aromatic rings. The van der Waals surface area contributed by atoms with E-state index in [1.165, 1.54) is 11.1 Å². The lowest BCUT2D eigenvalue weighted by atomic mass is 9.89. The van der Waals surface area contributed by atoms with Crippen molar-refractivity contribution in [2.24, 2.45) is 5.92 Å². The average Bonchev–Trinajstić information content (AvgIpc) is 2.17. The van der Waals surface area contributed by atoms with Gasteiger partial charge in [-0.15, -0.1) is 0 Å². The van der Waals surface area contributed by atoms with Gasteiger partial charge in [0.1, 0.15) is 0 Å². The van der Waals surface area contributed by atoms with Gasteiger partial charge in [0.2, 0.25) is 0 Å². The smallest absolute Gasteiger partial charge is 0.00172 e. The second kappa shape index (κ2) is 4.99. The maximum Gasteiger partial charge on any atom is 0.00172 e. The van der Waals surface area contributed by atoms with Gasteiger partial charge in [-0.05, 0) is 17.9 Å². The van der Waals surface area contributed by atoms with E-state index in [9.17, 15) is 0 Å². The Morgan fingerprint density at radius 1 is 1.14 bits per heavy atom. The molecule has 0 aliphatic rings. The summed E-state index contributed by atoms with van der Waals surface area (Å²) in [5, 5.41) is 0. The van der Waals surface area contributed by atoms with Crippen molar-refractivity contribution in [2.75, 3.05) is 0 Å². The summed E-state index contributed by atoms with van der Waals surface area (Å²) in [5.41, 5.74) is 2.71. The summed E-state index contributed by atoms with van der Waals surface area (Å²) in [6.45, 7) is 10.9. The van der Waals surface area contributed by atoms with E-state index in [1.807, 2.05) is 0 Å². The second-order valence-electron chi connectivity index (χ2n) is 4.39. The zero-order valence-corrected chi connectivity index (χ0v) is 9.46. The van der Waals surface area contributed by atoms with E-state index >= 15 is 0 Å². The number of hydrogen-bond acceptors (Lipinski definition) is 0. The monoisotopic (exact) mass is 188 g/mol. The SMILES string of the molecule is C=C(CC(C)C)C(C)c1ccccc1. The lowest BCUT2D eigenvalue weighted by Gasteiger charge is -2.16. The van der Waals surface area contributed by atoms with Crippen molar-refractivity contribution < 1.29 is 0 Å². The number of benzene rings is 1. The Kier molecular flexibility index (Phi) is 3.94. The average molecular weight is 188 g/mol. The zero-order valence-electron chi connectivity index (χ0n) is 9.46. The summed E-state index contributed by atoms with van der Waals surface area (Å²) in [7, 11) is 0.